The molecule has 0 aliphatic carbocycles. The fraction of sp³-hybridized carbons (Fsp3) is 0.490. The molecule has 3 amide bonds. The van der Waals surface area contributed by atoms with E-state index >= 15 is 0 Å². The van der Waals surface area contributed by atoms with Gasteiger partial charge >= 0.3 is 0 Å². The van der Waals surface area contributed by atoms with Crippen LogP contribution in [0.3, 0.4) is 0 Å². The topological polar surface area (TPSA) is 142 Å². The average Bonchev–Trinajstić information content (AvgIpc) is 4.04. The van der Waals surface area contributed by atoms with E-state index < -0.39 is 30.0 Å². The number of ether oxygens (including phenoxy) is 2. The molecule has 5 aromatic rings. The number of nitrogens with zero attached hydrogens (tertiary/aromatic N) is 4. The Labute approximate surface area is 378 Å². The fourth-order valence-electron chi connectivity index (χ4n) is 8.81. The van der Waals surface area contributed by atoms with E-state index in [-0.39, 0.29) is 30.9 Å². The number of carbonyl (C=O) groups excluding carboxylic acids is 3. The molecule has 0 bridgehead atoms. The second-order valence-corrected chi connectivity index (χ2v) is 18.8. The normalized spacial score (nSPS) is 17.1. The van der Waals surface area contributed by atoms with E-state index in [1.54, 1.807) is 27.3 Å². The number of unbranched alkanes of at least 4 members (excludes halogenated alkanes) is 4. The highest BCUT2D eigenvalue weighted by Gasteiger charge is 2.42. The van der Waals surface area contributed by atoms with Crippen LogP contribution < -0.4 is 15.4 Å². The SMILES string of the molecule is Cc1ncsc1-c1ccc(CNC(=O)[C@@H]2CCCN2C(=O)[C@@H](NC(=O)COCCCCCCCOc2ccc([C@@H]3c4[nH]c5ccccc5c4CCN3CC(F)F)nc2)C(C)(C)C)cc1. The molecule has 12 nitrogen and oxygen atoms in total. The first-order valence-corrected chi connectivity index (χ1v) is 23.4. The quantitative estimate of drug-likeness (QED) is 0.0662. The molecule has 64 heavy (non-hydrogen) atoms. The van der Waals surface area contributed by atoms with Crippen molar-refractivity contribution in [1.29, 1.82) is 0 Å². The van der Waals surface area contributed by atoms with Crippen LogP contribution in [-0.4, -0.2) is 100 Å². The second kappa shape index (κ2) is 21.6. The molecule has 15 heteroatoms. The minimum Gasteiger partial charge on any atom is -0.492 e. The van der Waals surface area contributed by atoms with E-state index in [4.69, 9.17) is 9.47 Å². The third-order valence-electron chi connectivity index (χ3n) is 12.2. The smallest absolute Gasteiger partial charge is 0.251 e. The van der Waals surface area contributed by atoms with Gasteiger partial charge in [-0.1, -0.05) is 82.5 Å². The average molecular weight is 898 g/mol. The lowest BCUT2D eigenvalue weighted by Crippen LogP contribution is -2.58. The molecule has 342 valence electrons. The van der Waals surface area contributed by atoms with Crippen LogP contribution >= 0.6 is 11.3 Å². The first kappa shape index (κ1) is 46.7. The number of likely N-dealkylation sites (tertiary alicyclic amines) is 1. The monoisotopic (exact) mass is 897 g/mol. The molecule has 3 N–H and O–H groups in total. The summed E-state index contributed by atoms with van der Waals surface area (Å²) in [6.07, 6.45) is 5.74. The van der Waals surface area contributed by atoms with E-state index in [1.165, 1.54) is 0 Å². The standard InChI is InChI=1S/C49H61F2N7O5S/c1-32-45(64-31-54-32)34-18-16-33(17-19-34)27-53-47(60)40-15-12-23-58(40)48(61)46(49(2,3)4)56-42(59)30-62-25-10-6-5-7-11-26-63-35-20-21-39(52-28-35)44-43-37(22-24-57(44)29-41(50)51)36-13-8-9-14-38(36)55-43/h8-9,13-14,16-21,28,31,40-41,44,46,55H,5-7,10-12,15,22-27,29-30H2,1-4H3,(H,53,60)(H,56,59)/t40-,44+,46+/m0/s1. The molecule has 1 fully saturated rings. The van der Waals surface area contributed by atoms with Crippen LogP contribution in [0.25, 0.3) is 21.3 Å². The molecule has 0 radical (unpaired) electrons. The van der Waals surface area contributed by atoms with Gasteiger partial charge in [-0.3, -0.25) is 24.3 Å². The van der Waals surface area contributed by atoms with Crippen molar-refractivity contribution in [1.82, 2.24) is 35.4 Å². The number of rotatable bonds is 20. The number of aryl methyl sites for hydroxylation is 1. The summed E-state index contributed by atoms with van der Waals surface area (Å²) < 4.78 is 38.9. The molecule has 0 spiro atoms. The molecular formula is C49H61F2N7O5S. The summed E-state index contributed by atoms with van der Waals surface area (Å²) in [5, 5.41) is 7.06. The Morgan fingerprint density at radius 3 is 2.44 bits per heavy atom. The van der Waals surface area contributed by atoms with Crippen LogP contribution in [-0.2, 0) is 32.1 Å². The van der Waals surface area contributed by atoms with Crippen molar-refractivity contribution in [3.63, 3.8) is 0 Å². The summed E-state index contributed by atoms with van der Waals surface area (Å²) in [6.45, 7) is 9.52. The van der Waals surface area contributed by atoms with Gasteiger partial charge in [-0.15, -0.1) is 11.3 Å². The first-order chi connectivity index (χ1) is 30.9. The van der Waals surface area contributed by atoms with E-state index in [0.717, 1.165) is 76.0 Å². The molecule has 3 atom stereocenters. The van der Waals surface area contributed by atoms with E-state index in [9.17, 15) is 23.2 Å². The van der Waals surface area contributed by atoms with Crippen LogP contribution in [0, 0.1) is 12.3 Å². The lowest BCUT2D eigenvalue weighted by molar-refractivity contribution is -0.144. The molecule has 0 unspecified atom stereocenters. The predicted octanol–water partition coefficient (Wildman–Crippen LogP) is 8.39. The Morgan fingerprint density at radius 2 is 1.72 bits per heavy atom. The maximum Gasteiger partial charge on any atom is 0.251 e. The number of H-pyrrole nitrogens is 1. The van der Waals surface area contributed by atoms with Crippen LogP contribution in [0.1, 0.15) is 100.0 Å². The number of carbonyl (C=O) groups is 3. The van der Waals surface area contributed by atoms with Crippen LogP contribution in [0.4, 0.5) is 8.78 Å². The number of alkyl halides is 2. The van der Waals surface area contributed by atoms with Gasteiger partial charge in [-0.05, 0) is 79.3 Å². The van der Waals surface area contributed by atoms with Crippen molar-refractivity contribution >= 4 is 40.0 Å². The number of para-hydroxylation sites is 1. The Morgan fingerprint density at radius 1 is 0.953 bits per heavy atom. The highest BCUT2D eigenvalue weighted by molar-refractivity contribution is 7.13. The third-order valence-corrected chi connectivity index (χ3v) is 13.1. The van der Waals surface area contributed by atoms with E-state index in [0.29, 0.717) is 63.6 Å². The van der Waals surface area contributed by atoms with Crippen molar-refractivity contribution in [2.45, 2.75) is 110 Å². The summed E-state index contributed by atoms with van der Waals surface area (Å²) in [4.78, 5) is 57.4. The summed E-state index contributed by atoms with van der Waals surface area (Å²) in [5.74, 6) is -0.184. The summed E-state index contributed by atoms with van der Waals surface area (Å²) >= 11 is 1.60. The zero-order valence-electron chi connectivity index (χ0n) is 37.3. The van der Waals surface area contributed by atoms with Crippen LogP contribution in [0.15, 0.2) is 72.4 Å². The van der Waals surface area contributed by atoms with Gasteiger partial charge in [0.15, 0.2) is 0 Å². The highest BCUT2D eigenvalue weighted by Crippen LogP contribution is 2.38. The molecule has 5 heterocycles. The van der Waals surface area contributed by atoms with Crippen molar-refractivity contribution in [2.75, 3.05) is 39.5 Å². The number of thiazole rings is 1. The molecule has 3 aromatic heterocycles. The van der Waals surface area contributed by atoms with Gasteiger partial charge in [0.25, 0.3) is 6.43 Å². The molecule has 7 rings (SSSR count). The number of aromatic nitrogens is 3. The molecular weight excluding hydrogens is 837 g/mol. The van der Waals surface area contributed by atoms with Crippen molar-refractivity contribution in [3.05, 3.63) is 101 Å². The number of fused-ring (bicyclic) bond motifs is 3. The zero-order valence-corrected chi connectivity index (χ0v) is 38.2. The third kappa shape index (κ3) is 11.7. The van der Waals surface area contributed by atoms with Crippen molar-refractivity contribution in [3.8, 4) is 16.2 Å². The summed E-state index contributed by atoms with van der Waals surface area (Å²) in [5.41, 5.74) is 8.08. The Kier molecular flexibility index (Phi) is 15.8. The molecule has 2 aromatic carbocycles. The number of pyridine rings is 1. The number of amides is 3. The Balaban J connectivity index is 0.783. The molecule has 1 saturated heterocycles. The second-order valence-electron chi connectivity index (χ2n) is 17.9. The Hall–Kier alpha value is -5.25. The predicted molar refractivity (Wildman–Crippen MR) is 245 cm³/mol. The molecule has 2 aliphatic heterocycles. The first-order valence-electron chi connectivity index (χ1n) is 22.5. The maximum atomic E-state index is 13.9. The van der Waals surface area contributed by atoms with Gasteiger partial charge in [-0.2, -0.15) is 0 Å². The maximum absolute atomic E-state index is 13.9. The Bertz CT molecular complexity index is 2330. The highest BCUT2D eigenvalue weighted by atomic mass is 32.1. The number of nitrogens with one attached hydrogen (secondary N) is 3. The van der Waals surface area contributed by atoms with Gasteiger partial charge in [0, 0.05) is 42.8 Å². The molecule has 0 saturated carbocycles. The minimum absolute atomic E-state index is 0.153. The van der Waals surface area contributed by atoms with Crippen LogP contribution in [0.5, 0.6) is 5.75 Å². The van der Waals surface area contributed by atoms with Gasteiger partial charge in [0.05, 0.1) is 47.2 Å². The van der Waals surface area contributed by atoms with Gasteiger partial charge in [0.2, 0.25) is 17.7 Å². The number of hydrogen-bond donors (Lipinski definition) is 3. The largest absolute Gasteiger partial charge is 0.492 e. The summed E-state index contributed by atoms with van der Waals surface area (Å²) in [7, 11) is 0. The lowest BCUT2D eigenvalue weighted by atomic mass is 9.85. The van der Waals surface area contributed by atoms with Gasteiger partial charge in [0.1, 0.15) is 24.4 Å². The lowest BCUT2D eigenvalue weighted by Gasteiger charge is -2.35. The van der Waals surface area contributed by atoms with E-state index in [2.05, 4.69) is 31.7 Å². The fourth-order valence-corrected chi connectivity index (χ4v) is 9.62. The van der Waals surface area contributed by atoms with E-state index in [1.807, 2.05) is 87.8 Å². The van der Waals surface area contributed by atoms with Crippen molar-refractivity contribution in [2.24, 2.45) is 5.41 Å². The number of aromatic amines is 1. The summed E-state index contributed by atoms with van der Waals surface area (Å²) in [6, 6.07) is 18.0. The molecule has 2 aliphatic rings. The van der Waals surface area contributed by atoms with Gasteiger partial charge in [-0.25, -0.2) is 13.8 Å². The zero-order chi connectivity index (χ0) is 45.2. The number of benzene rings is 2. The van der Waals surface area contributed by atoms with Crippen LogP contribution in [0.2, 0.25) is 0 Å². The minimum atomic E-state index is -2.44. The van der Waals surface area contributed by atoms with Crippen molar-refractivity contribution < 1.29 is 32.6 Å². The number of halogens is 2. The van der Waals surface area contributed by atoms with Gasteiger partial charge < -0.3 is 30.0 Å². The number of hydrogen-bond acceptors (Lipinski definition) is 9.